The standard InChI is InChI=1S/C15H20FNO2S/c1-10(2)17-8-12(9-20(18,19)11(3)4)14-7-13(16)5-6-15(14)17/h5-8,10-11H,9H2,1-4H3. The predicted octanol–water partition coefficient (Wildman–Crippen LogP) is 3.68. The third kappa shape index (κ3) is 2.73. The fourth-order valence-electron chi connectivity index (χ4n) is 2.22. The van der Waals surface area contributed by atoms with Gasteiger partial charge < -0.3 is 4.57 Å². The molecule has 3 nitrogen and oxygen atoms in total. The van der Waals surface area contributed by atoms with E-state index in [4.69, 9.17) is 0 Å². The maximum atomic E-state index is 13.5. The van der Waals surface area contributed by atoms with Gasteiger partial charge in [-0.15, -0.1) is 0 Å². The largest absolute Gasteiger partial charge is 0.345 e. The van der Waals surface area contributed by atoms with Crippen molar-refractivity contribution in [3.05, 3.63) is 35.8 Å². The van der Waals surface area contributed by atoms with Gasteiger partial charge in [-0.1, -0.05) is 0 Å². The van der Waals surface area contributed by atoms with Gasteiger partial charge >= 0.3 is 0 Å². The molecule has 110 valence electrons. The second kappa shape index (κ2) is 5.20. The molecule has 0 aliphatic rings. The molecule has 0 unspecified atom stereocenters. The van der Waals surface area contributed by atoms with E-state index in [1.807, 2.05) is 24.6 Å². The van der Waals surface area contributed by atoms with Crippen LogP contribution in [0.25, 0.3) is 10.9 Å². The third-order valence-corrected chi connectivity index (χ3v) is 5.66. The van der Waals surface area contributed by atoms with E-state index in [0.29, 0.717) is 10.9 Å². The average Bonchev–Trinajstić information content (AvgIpc) is 2.67. The van der Waals surface area contributed by atoms with Crippen LogP contribution in [0.5, 0.6) is 0 Å². The van der Waals surface area contributed by atoms with Crippen LogP contribution in [0, 0.1) is 5.82 Å². The average molecular weight is 297 g/mol. The Morgan fingerprint density at radius 1 is 1.20 bits per heavy atom. The fourth-order valence-corrected chi connectivity index (χ4v) is 3.22. The van der Waals surface area contributed by atoms with Crippen LogP contribution in [-0.2, 0) is 15.6 Å². The summed E-state index contributed by atoms with van der Waals surface area (Å²) in [4.78, 5) is 0. The number of benzene rings is 1. The summed E-state index contributed by atoms with van der Waals surface area (Å²) in [5.41, 5.74) is 1.54. The molecule has 0 saturated carbocycles. The normalized spacial score (nSPS) is 12.8. The SMILES string of the molecule is CC(C)n1cc(CS(=O)(=O)C(C)C)c2cc(F)ccc21. The summed E-state index contributed by atoms with van der Waals surface area (Å²) < 4.78 is 39.7. The zero-order chi connectivity index (χ0) is 15.1. The van der Waals surface area contributed by atoms with Gasteiger partial charge in [0.1, 0.15) is 5.82 Å². The van der Waals surface area contributed by atoms with Crippen molar-refractivity contribution in [1.29, 1.82) is 0 Å². The zero-order valence-electron chi connectivity index (χ0n) is 12.2. The lowest BCUT2D eigenvalue weighted by atomic mass is 10.2. The summed E-state index contributed by atoms with van der Waals surface area (Å²) in [7, 11) is -3.20. The van der Waals surface area contributed by atoms with Gasteiger partial charge in [0.25, 0.3) is 0 Å². The monoisotopic (exact) mass is 297 g/mol. The van der Waals surface area contributed by atoms with Crippen molar-refractivity contribution < 1.29 is 12.8 Å². The van der Waals surface area contributed by atoms with Crippen molar-refractivity contribution in [2.75, 3.05) is 0 Å². The van der Waals surface area contributed by atoms with Gasteiger partial charge in [-0.05, 0) is 51.5 Å². The van der Waals surface area contributed by atoms with Gasteiger partial charge in [-0.2, -0.15) is 0 Å². The van der Waals surface area contributed by atoms with Gasteiger partial charge in [0, 0.05) is 23.1 Å². The van der Waals surface area contributed by atoms with Crippen molar-refractivity contribution in [1.82, 2.24) is 4.57 Å². The van der Waals surface area contributed by atoms with E-state index < -0.39 is 15.1 Å². The Labute approximate surface area is 119 Å². The summed E-state index contributed by atoms with van der Waals surface area (Å²) in [6.07, 6.45) is 1.83. The van der Waals surface area contributed by atoms with Crippen LogP contribution >= 0.6 is 0 Å². The van der Waals surface area contributed by atoms with Crippen molar-refractivity contribution in [2.45, 2.75) is 44.7 Å². The Balaban J connectivity index is 2.62. The van der Waals surface area contributed by atoms with E-state index in [0.717, 1.165) is 5.52 Å². The quantitative estimate of drug-likeness (QED) is 0.863. The van der Waals surface area contributed by atoms with E-state index in [-0.39, 0.29) is 17.6 Å². The van der Waals surface area contributed by atoms with E-state index >= 15 is 0 Å². The van der Waals surface area contributed by atoms with Crippen LogP contribution < -0.4 is 0 Å². The number of hydrogen-bond donors (Lipinski definition) is 0. The summed E-state index contributed by atoms with van der Waals surface area (Å²) in [6, 6.07) is 4.72. The van der Waals surface area contributed by atoms with Crippen LogP contribution in [0.3, 0.4) is 0 Å². The molecule has 0 spiro atoms. The Morgan fingerprint density at radius 3 is 2.40 bits per heavy atom. The lowest BCUT2D eigenvalue weighted by Crippen LogP contribution is -2.15. The minimum absolute atomic E-state index is 0.0513. The van der Waals surface area contributed by atoms with Crippen LogP contribution in [0.15, 0.2) is 24.4 Å². The molecule has 1 heterocycles. The molecule has 0 bridgehead atoms. The van der Waals surface area contributed by atoms with Gasteiger partial charge in [0.15, 0.2) is 9.84 Å². The van der Waals surface area contributed by atoms with Gasteiger partial charge in [-0.3, -0.25) is 0 Å². The molecule has 0 aliphatic heterocycles. The van der Waals surface area contributed by atoms with Crippen molar-refractivity contribution in [3.63, 3.8) is 0 Å². The third-order valence-electron chi connectivity index (χ3n) is 3.51. The molecule has 20 heavy (non-hydrogen) atoms. The maximum Gasteiger partial charge on any atom is 0.156 e. The molecule has 5 heteroatoms. The van der Waals surface area contributed by atoms with Crippen LogP contribution in [0.2, 0.25) is 0 Å². The molecule has 0 saturated heterocycles. The second-order valence-electron chi connectivity index (χ2n) is 5.67. The number of aromatic nitrogens is 1. The highest BCUT2D eigenvalue weighted by molar-refractivity contribution is 7.91. The minimum atomic E-state index is -3.20. The molecule has 1 aromatic carbocycles. The highest BCUT2D eigenvalue weighted by atomic mass is 32.2. The number of sulfone groups is 1. The number of fused-ring (bicyclic) bond motifs is 1. The maximum absolute atomic E-state index is 13.5. The minimum Gasteiger partial charge on any atom is -0.345 e. The summed E-state index contributed by atoms with van der Waals surface area (Å²) in [5, 5.41) is 0.247. The van der Waals surface area contributed by atoms with E-state index in [1.165, 1.54) is 12.1 Å². The van der Waals surface area contributed by atoms with E-state index in [2.05, 4.69) is 0 Å². The lowest BCUT2D eigenvalue weighted by Gasteiger charge is -2.08. The molecule has 0 amide bonds. The molecule has 0 atom stereocenters. The molecule has 2 rings (SSSR count). The molecule has 0 aliphatic carbocycles. The summed E-state index contributed by atoms with van der Waals surface area (Å²) in [5.74, 6) is -0.396. The Morgan fingerprint density at radius 2 is 1.85 bits per heavy atom. The summed E-state index contributed by atoms with van der Waals surface area (Å²) in [6.45, 7) is 7.36. The van der Waals surface area contributed by atoms with Gasteiger partial charge in [-0.25, -0.2) is 12.8 Å². The van der Waals surface area contributed by atoms with E-state index in [9.17, 15) is 12.8 Å². The molecule has 1 aromatic heterocycles. The van der Waals surface area contributed by atoms with Crippen molar-refractivity contribution >= 4 is 20.7 Å². The van der Waals surface area contributed by atoms with Crippen molar-refractivity contribution in [2.24, 2.45) is 0 Å². The highest BCUT2D eigenvalue weighted by Crippen LogP contribution is 2.27. The number of nitrogens with zero attached hydrogens (tertiary/aromatic N) is 1. The Hall–Kier alpha value is -1.36. The molecule has 0 fully saturated rings. The molecular weight excluding hydrogens is 277 g/mol. The first kappa shape index (κ1) is 15.0. The second-order valence-corrected chi connectivity index (χ2v) is 8.23. The van der Waals surface area contributed by atoms with Crippen LogP contribution in [0.1, 0.15) is 39.3 Å². The number of rotatable bonds is 4. The lowest BCUT2D eigenvalue weighted by molar-refractivity contribution is 0.586. The fraction of sp³-hybridized carbons (Fsp3) is 0.467. The Kier molecular flexibility index (Phi) is 3.91. The van der Waals surface area contributed by atoms with E-state index in [1.54, 1.807) is 19.9 Å². The first-order valence-electron chi connectivity index (χ1n) is 6.73. The highest BCUT2D eigenvalue weighted by Gasteiger charge is 2.20. The number of halogens is 1. The smallest absolute Gasteiger partial charge is 0.156 e. The van der Waals surface area contributed by atoms with Crippen molar-refractivity contribution in [3.8, 4) is 0 Å². The predicted molar refractivity (Wildman–Crippen MR) is 80.0 cm³/mol. The Bertz CT molecular complexity index is 730. The van der Waals surface area contributed by atoms with Crippen LogP contribution in [0.4, 0.5) is 4.39 Å². The summed E-state index contributed by atoms with van der Waals surface area (Å²) >= 11 is 0. The zero-order valence-corrected chi connectivity index (χ0v) is 13.0. The molecule has 0 N–H and O–H groups in total. The molecular formula is C15H20FNO2S. The molecule has 0 radical (unpaired) electrons. The molecule has 2 aromatic rings. The topological polar surface area (TPSA) is 39.1 Å². The first-order valence-corrected chi connectivity index (χ1v) is 8.44. The van der Waals surface area contributed by atoms with Crippen LogP contribution in [-0.4, -0.2) is 18.2 Å². The van der Waals surface area contributed by atoms with Gasteiger partial charge in [0.05, 0.1) is 11.0 Å². The number of hydrogen-bond acceptors (Lipinski definition) is 2. The first-order chi connectivity index (χ1) is 9.22. The van der Waals surface area contributed by atoms with Gasteiger partial charge in [0.2, 0.25) is 0 Å².